The lowest BCUT2D eigenvalue weighted by atomic mass is 9.75. The number of nitrogens with one attached hydrogen (secondary N) is 1. The molecule has 1 heterocycles. The minimum Gasteiger partial charge on any atom is -0.491 e. The van der Waals surface area contributed by atoms with Crippen LogP contribution in [0, 0.1) is 17.6 Å². The molecule has 2 aliphatic rings. The smallest absolute Gasteiger partial charge is 0.490 e. The van der Waals surface area contributed by atoms with Gasteiger partial charge in [-0.05, 0) is 79.6 Å². The van der Waals surface area contributed by atoms with Gasteiger partial charge in [0.2, 0.25) is 5.91 Å². The number of carbonyl (C=O) groups is 2. The number of hydrogen-bond acceptors (Lipinski definition) is 9. The molecule has 4 rings (SSSR count). The second kappa shape index (κ2) is 17.5. The molecule has 15 heteroatoms. The van der Waals surface area contributed by atoms with Crippen molar-refractivity contribution in [3.8, 4) is 5.75 Å². The second-order valence-corrected chi connectivity index (χ2v) is 12.2. The summed E-state index contributed by atoms with van der Waals surface area (Å²) < 4.78 is 93.2. The summed E-state index contributed by atoms with van der Waals surface area (Å²) in [5.74, 6) is -5.53. The number of hydrogen-bond donors (Lipinski definition) is 2. The summed E-state index contributed by atoms with van der Waals surface area (Å²) in [5.41, 5.74) is 0.308. The van der Waals surface area contributed by atoms with Crippen molar-refractivity contribution < 1.29 is 60.3 Å². The number of benzene rings is 2. The van der Waals surface area contributed by atoms with Crippen molar-refractivity contribution in [3.63, 3.8) is 0 Å². The number of rotatable bonds is 18. The number of aliphatic hydroxyl groups excluding tert-OH is 1. The van der Waals surface area contributed by atoms with E-state index in [1.54, 1.807) is 19.1 Å². The third kappa shape index (κ3) is 10.6. The van der Waals surface area contributed by atoms with Crippen LogP contribution in [0.25, 0.3) is 0 Å². The van der Waals surface area contributed by atoms with Crippen molar-refractivity contribution in [1.82, 2.24) is 10.2 Å². The molecule has 1 saturated carbocycles. The number of aryl methyl sites for hydroxylation is 1. The van der Waals surface area contributed by atoms with E-state index in [0.29, 0.717) is 32.0 Å². The van der Waals surface area contributed by atoms with E-state index in [-0.39, 0.29) is 43.6 Å². The molecule has 49 heavy (non-hydrogen) atoms. The lowest BCUT2D eigenvalue weighted by molar-refractivity contribution is -0.204. The van der Waals surface area contributed by atoms with E-state index in [0.717, 1.165) is 42.5 Å². The molecule has 0 aromatic heterocycles. The van der Waals surface area contributed by atoms with E-state index in [1.165, 1.54) is 6.07 Å². The fourth-order valence-electron chi connectivity index (χ4n) is 5.94. The predicted octanol–water partition coefficient (Wildman–Crippen LogP) is 4.05. The van der Waals surface area contributed by atoms with Crippen LogP contribution >= 0.6 is 0 Å². The zero-order chi connectivity index (χ0) is 35.6. The Kier molecular flexibility index (Phi) is 13.7. The maximum absolute atomic E-state index is 14.7. The fourth-order valence-corrected chi connectivity index (χ4v) is 5.94. The molecule has 2 aromatic carbocycles. The topological polar surface area (TPSA) is 116 Å². The van der Waals surface area contributed by atoms with Crippen LogP contribution in [0.3, 0.4) is 0 Å². The van der Waals surface area contributed by atoms with Crippen LogP contribution in [0.2, 0.25) is 0 Å². The van der Waals surface area contributed by atoms with Crippen LogP contribution in [0.15, 0.2) is 36.4 Å². The van der Waals surface area contributed by atoms with Gasteiger partial charge >= 0.3 is 12.1 Å². The van der Waals surface area contributed by atoms with Crippen molar-refractivity contribution >= 4 is 11.9 Å². The average Bonchev–Trinajstić information content (AvgIpc) is 3.91. The largest absolute Gasteiger partial charge is 0.491 e. The van der Waals surface area contributed by atoms with E-state index < -0.39 is 54.6 Å². The van der Waals surface area contributed by atoms with Crippen LogP contribution in [0.5, 0.6) is 5.75 Å². The Balaban J connectivity index is 1.63. The first kappa shape index (κ1) is 38.4. The van der Waals surface area contributed by atoms with E-state index in [2.05, 4.69) is 10.1 Å². The molecular formula is C34H43F5N2O8. The number of nitrogens with zero attached hydrogens (tertiary/aromatic N) is 1. The number of amides is 1. The summed E-state index contributed by atoms with van der Waals surface area (Å²) in [4.78, 5) is 27.5. The number of methoxy groups -OCH3 is 2. The van der Waals surface area contributed by atoms with Gasteiger partial charge in [-0.3, -0.25) is 4.79 Å². The van der Waals surface area contributed by atoms with Crippen molar-refractivity contribution in [1.29, 1.82) is 0 Å². The summed E-state index contributed by atoms with van der Waals surface area (Å²) in [6, 6.07) is 8.80. The highest BCUT2D eigenvalue weighted by Crippen LogP contribution is 2.43. The second-order valence-electron chi connectivity index (χ2n) is 12.2. The molecular weight excluding hydrogens is 659 g/mol. The van der Waals surface area contributed by atoms with Crippen LogP contribution < -0.4 is 10.1 Å². The minimum absolute atomic E-state index is 0.0721. The Hall–Kier alpha value is -3.37. The summed E-state index contributed by atoms with van der Waals surface area (Å²) in [5, 5.41) is 13.6. The third-order valence-electron chi connectivity index (χ3n) is 8.48. The molecule has 0 bridgehead atoms. The Morgan fingerprint density at radius 2 is 1.73 bits per heavy atom. The lowest BCUT2D eigenvalue weighted by Gasteiger charge is -2.45. The number of halogens is 5. The molecule has 0 spiro atoms. The summed E-state index contributed by atoms with van der Waals surface area (Å²) in [6.45, 7) is 0.150. The van der Waals surface area contributed by atoms with Crippen molar-refractivity contribution in [2.75, 3.05) is 60.3 Å². The van der Waals surface area contributed by atoms with Crippen LogP contribution in [-0.2, 0) is 47.1 Å². The minimum atomic E-state index is -5.26. The Morgan fingerprint density at radius 1 is 1.00 bits per heavy atom. The van der Waals surface area contributed by atoms with Gasteiger partial charge < -0.3 is 39.0 Å². The van der Waals surface area contributed by atoms with Crippen molar-refractivity contribution in [3.05, 3.63) is 64.7 Å². The van der Waals surface area contributed by atoms with Gasteiger partial charge in [0, 0.05) is 40.0 Å². The SMILES string of the molecule is COCCCc1cc(CN(C(=O)[C@H]2CNCC[C@]2(OCC(O)COC(=O)C(F)(F)F)c2ccc(F)c(F)c2)C2CC2)cc(OCCOC)c1. The molecule has 1 saturated heterocycles. The quantitative estimate of drug-likeness (QED) is 0.135. The highest BCUT2D eigenvalue weighted by Gasteiger charge is 2.51. The van der Waals surface area contributed by atoms with E-state index in [1.807, 2.05) is 18.2 Å². The maximum Gasteiger partial charge on any atom is 0.490 e. The van der Waals surface area contributed by atoms with Gasteiger partial charge in [-0.15, -0.1) is 0 Å². The standard InChI is InChI=1S/C34H43F5N2O8/c1-45-11-3-4-22-14-23(16-27(15-22)47-13-12-46-2)19-41(25-6-7-25)31(43)28-18-40-10-9-33(28,24-5-8-29(35)30(36)17-24)49-21-26(42)20-48-32(44)34(37,38)39/h5,8,14-17,25-26,28,40,42H,3-4,6-7,9-13,18-21H2,1-2H3/t26?,28-,33+/m1/s1. The number of esters is 1. The van der Waals surface area contributed by atoms with Gasteiger partial charge in [0.1, 0.15) is 30.7 Å². The molecule has 1 aliphatic heterocycles. The molecule has 1 amide bonds. The molecule has 1 aliphatic carbocycles. The van der Waals surface area contributed by atoms with Crippen molar-refractivity contribution in [2.45, 2.75) is 62.6 Å². The molecule has 1 unspecified atom stereocenters. The predicted molar refractivity (Wildman–Crippen MR) is 166 cm³/mol. The number of alkyl halides is 3. The fraction of sp³-hybridized carbons (Fsp3) is 0.588. The van der Waals surface area contributed by atoms with Crippen LogP contribution in [0.4, 0.5) is 22.0 Å². The van der Waals surface area contributed by atoms with Gasteiger partial charge in [0.05, 0.1) is 19.1 Å². The molecule has 272 valence electrons. The number of aliphatic hydroxyl groups is 1. The first-order chi connectivity index (χ1) is 23.4. The normalized spacial score (nSPS) is 20.1. The van der Waals surface area contributed by atoms with Gasteiger partial charge in [0.15, 0.2) is 11.6 Å². The van der Waals surface area contributed by atoms with E-state index in [9.17, 15) is 36.6 Å². The molecule has 2 N–H and O–H groups in total. The first-order valence-electron chi connectivity index (χ1n) is 16.1. The lowest BCUT2D eigenvalue weighted by Crippen LogP contribution is -2.57. The number of carbonyl (C=O) groups excluding carboxylic acids is 2. The Labute approximate surface area is 281 Å². The number of ether oxygens (including phenoxy) is 5. The summed E-state index contributed by atoms with van der Waals surface area (Å²) in [7, 11) is 3.20. The van der Waals surface area contributed by atoms with Gasteiger partial charge in [0.25, 0.3) is 0 Å². The van der Waals surface area contributed by atoms with Crippen molar-refractivity contribution in [2.24, 2.45) is 5.92 Å². The maximum atomic E-state index is 14.7. The average molecular weight is 703 g/mol. The highest BCUT2D eigenvalue weighted by atomic mass is 19.4. The molecule has 2 fully saturated rings. The molecule has 10 nitrogen and oxygen atoms in total. The van der Waals surface area contributed by atoms with E-state index in [4.69, 9.17) is 18.9 Å². The first-order valence-corrected chi connectivity index (χ1v) is 16.1. The third-order valence-corrected chi connectivity index (χ3v) is 8.48. The van der Waals surface area contributed by atoms with Crippen LogP contribution in [0.1, 0.15) is 42.4 Å². The number of piperidine rings is 1. The highest BCUT2D eigenvalue weighted by molar-refractivity contribution is 5.81. The zero-order valence-electron chi connectivity index (χ0n) is 27.5. The van der Waals surface area contributed by atoms with E-state index >= 15 is 0 Å². The zero-order valence-corrected chi connectivity index (χ0v) is 27.5. The summed E-state index contributed by atoms with van der Waals surface area (Å²) in [6.07, 6.45) is -3.92. The summed E-state index contributed by atoms with van der Waals surface area (Å²) >= 11 is 0. The molecule has 0 radical (unpaired) electrons. The van der Waals surface area contributed by atoms with Crippen LogP contribution in [-0.4, -0.2) is 101 Å². The Morgan fingerprint density at radius 3 is 2.41 bits per heavy atom. The molecule has 3 atom stereocenters. The van der Waals surface area contributed by atoms with Gasteiger partial charge in [-0.25, -0.2) is 13.6 Å². The van der Waals surface area contributed by atoms with Gasteiger partial charge in [-0.2, -0.15) is 13.2 Å². The monoisotopic (exact) mass is 702 g/mol. The van der Waals surface area contributed by atoms with Gasteiger partial charge in [-0.1, -0.05) is 12.1 Å². The Bertz CT molecular complexity index is 1380. The molecule has 2 aromatic rings.